The van der Waals surface area contributed by atoms with Gasteiger partial charge >= 0.3 is 5.69 Å². The molecule has 0 saturated carbocycles. The predicted molar refractivity (Wildman–Crippen MR) is 179 cm³/mol. The zero-order chi connectivity index (χ0) is 31.9. The molecule has 0 atom stereocenters. The molecule has 10 heteroatoms. The normalized spacial score (nSPS) is 15.0. The number of aromatic nitrogens is 2. The summed E-state index contributed by atoms with van der Waals surface area (Å²) in [5, 5.41) is 3.07. The number of imidazole rings is 1. The molecule has 0 unspecified atom stereocenters. The third-order valence-electron chi connectivity index (χ3n) is 8.49. The summed E-state index contributed by atoms with van der Waals surface area (Å²) in [6.45, 7) is 10.9. The van der Waals surface area contributed by atoms with Crippen molar-refractivity contribution in [2.24, 2.45) is 0 Å². The summed E-state index contributed by atoms with van der Waals surface area (Å²) in [5.74, 6) is 0.690. The monoisotopic (exact) mass is 612 g/mol. The maximum Gasteiger partial charge on any atom is 0.329 e. The second-order valence-corrected chi connectivity index (χ2v) is 11.5. The van der Waals surface area contributed by atoms with E-state index in [2.05, 4.69) is 27.2 Å². The minimum atomic E-state index is -0.134. The van der Waals surface area contributed by atoms with Crippen molar-refractivity contribution < 1.29 is 14.3 Å². The van der Waals surface area contributed by atoms with E-state index in [4.69, 9.17) is 4.74 Å². The molecule has 1 N–H and O–H groups in total. The van der Waals surface area contributed by atoms with Crippen LogP contribution in [0.15, 0.2) is 71.5 Å². The first-order valence-corrected chi connectivity index (χ1v) is 15.8. The summed E-state index contributed by atoms with van der Waals surface area (Å²) < 4.78 is 8.92. The number of ether oxygens (including phenoxy) is 1. The lowest BCUT2D eigenvalue weighted by atomic mass is 10.1. The van der Waals surface area contributed by atoms with E-state index in [1.54, 1.807) is 23.2 Å². The molecule has 0 spiro atoms. The number of carbonyl (C=O) groups excluding carboxylic acids is 2. The summed E-state index contributed by atoms with van der Waals surface area (Å²) in [4.78, 5) is 45.5. The van der Waals surface area contributed by atoms with Gasteiger partial charge in [0.2, 0.25) is 11.8 Å². The van der Waals surface area contributed by atoms with Crippen molar-refractivity contribution in [1.29, 1.82) is 0 Å². The minimum Gasteiger partial charge on any atom is -0.497 e. The van der Waals surface area contributed by atoms with Crippen molar-refractivity contribution in [1.82, 2.24) is 18.9 Å². The van der Waals surface area contributed by atoms with Crippen LogP contribution in [0.1, 0.15) is 38.3 Å². The van der Waals surface area contributed by atoms with E-state index in [-0.39, 0.29) is 24.0 Å². The van der Waals surface area contributed by atoms with Crippen LogP contribution in [0, 0.1) is 0 Å². The number of amides is 2. The molecule has 0 saturated heterocycles. The van der Waals surface area contributed by atoms with Crippen molar-refractivity contribution >= 4 is 34.2 Å². The second-order valence-electron chi connectivity index (χ2n) is 11.5. The Morgan fingerprint density at radius 3 is 2.36 bits per heavy atom. The van der Waals surface area contributed by atoms with Crippen molar-refractivity contribution in [3.8, 4) is 5.75 Å². The van der Waals surface area contributed by atoms with Crippen LogP contribution in [-0.2, 0) is 35.8 Å². The molecule has 0 radical (unpaired) electrons. The SMILES string of the molecule is CCn1c(=O)n(CC)c2cc(NC(=O)CN3CCN(Cc4cccc(OC)c4)CCCN(C(C)=O)c4ccccc4C3)ccc21. The highest BCUT2D eigenvalue weighted by molar-refractivity contribution is 5.94. The number of carbonyl (C=O) groups is 2. The van der Waals surface area contributed by atoms with Crippen LogP contribution >= 0.6 is 0 Å². The summed E-state index contributed by atoms with van der Waals surface area (Å²) in [5.41, 5.74) is 5.33. The third-order valence-corrected chi connectivity index (χ3v) is 8.49. The van der Waals surface area contributed by atoms with Crippen LogP contribution in [0.5, 0.6) is 5.75 Å². The number of fused-ring (bicyclic) bond motifs is 2. The Labute approximate surface area is 264 Å². The molecule has 2 heterocycles. The average molecular weight is 613 g/mol. The highest BCUT2D eigenvalue weighted by atomic mass is 16.5. The van der Waals surface area contributed by atoms with Gasteiger partial charge in [-0.3, -0.25) is 28.5 Å². The van der Waals surface area contributed by atoms with Crippen LogP contribution in [-0.4, -0.2) is 70.6 Å². The molecular weight excluding hydrogens is 568 g/mol. The molecule has 1 aromatic heterocycles. The lowest BCUT2D eigenvalue weighted by molar-refractivity contribution is -0.118. The fourth-order valence-electron chi connectivity index (χ4n) is 6.26. The summed E-state index contributed by atoms with van der Waals surface area (Å²) in [7, 11) is 1.67. The van der Waals surface area contributed by atoms with Gasteiger partial charge in [-0.05, 0) is 67.8 Å². The van der Waals surface area contributed by atoms with Crippen LogP contribution < -0.4 is 20.6 Å². The van der Waals surface area contributed by atoms with E-state index in [1.807, 2.05) is 73.3 Å². The largest absolute Gasteiger partial charge is 0.497 e. The van der Waals surface area contributed by atoms with Gasteiger partial charge in [0.05, 0.1) is 24.7 Å². The third kappa shape index (κ3) is 7.46. The number of methoxy groups -OCH3 is 1. The van der Waals surface area contributed by atoms with Crippen molar-refractivity contribution in [3.05, 3.63) is 88.3 Å². The number of benzene rings is 3. The number of para-hydroxylation sites is 1. The Balaban J connectivity index is 1.39. The van der Waals surface area contributed by atoms with Crippen molar-refractivity contribution in [2.75, 3.05) is 50.1 Å². The molecule has 3 aromatic carbocycles. The number of aryl methyl sites for hydroxylation is 2. The first-order chi connectivity index (χ1) is 21.8. The van der Waals surface area contributed by atoms with Gasteiger partial charge in [-0.25, -0.2) is 4.79 Å². The predicted octanol–water partition coefficient (Wildman–Crippen LogP) is 4.55. The van der Waals surface area contributed by atoms with Gasteiger partial charge in [0.1, 0.15) is 5.75 Å². The Morgan fingerprint density at radius 2 is 1.60 bits per heavy atom. The lowest BCUT2D eigenvalue weighted by Crippen LogP contribution is -2.39. The molecule has 0 fully saturated rings. The Bertz CT molecular complexity index is 1710. The molecule has 10 nitrogen and oxygen atoms in total. The molecule has 1 aliphatic rings. The fourth-order valence-corrected chi connectivity index (χ4v) is 6.26. The number of nitrogens with zero attached hydrogens (tertiary/aromatic N) is 5. The maximum atomic E-state index is 13.5. The Kier molecular flexibility index (Phi) is 10.4. The van der Waals surface area contributed by atoms with E-state index in [0.717, 1.165) is 59.7 Å². The average Bonchev–Trinajstić information content (AvgIpc) is 3.29. The van der Waals surface area contributed by atoms with Crippen LogP contribution in [0.25, 0.3) is 11.0 Å². The molecule has 45 heavy (non-hydrogen) atoms. The molecule has 5 rings (SSSR count). The van der Waals surface area contributed by atoms with E-state index < -0.39 is 0 Å². The highest BCUT2D eigenvalue weighted by Crippen LogP contribution is 2.25. The standard InChI is InChI=1S/C35H44N6O4/c1-5-39-32-16-15-29(22-33(32)40(6-2)35(39)44)36-34(43)25-38-20-19-37(23-27-11-9-13-30(21-27)45-4)17-10-18-41(26(3)42)31-14-8-7-12-28(31)24-38/h7-9,11-16,21-22H,5-6,10,17-20,23-25H2,1-4H3,(H,36,43). The van der Waals surface area contributed by atoms with Crippen molar-refractivity contribution in [3.63, 3.8) is 0 Å². The molecule has 1 aliphatic heterocycles. The highest BCUT2D eigenvalue weighted by Gasteiger charge is 2.22. The van der Waals surface area contributed by atoms with Gasteiger partial charge in [0.15, 0.2) is 0 Å². The molecule has 238 valence electrons. The molecule has 0 bridgehead atoms. The van der Waals surface area contributed by atoms with Crippen LogP contribution in [0.2, 0.25) is 0 Å². The second kappa shape index (κ2) is 14.6. The fraction of sp³-hybridized carbons (Fsp3) is 0.400. The maximum absolute atomic E-state index is 13.5. The van der Waals surface area contributed by atoms with Crippen LogP contribution in [0.3, 0.4) is 0 Å². The van der Waals surface area contributed by atoms with E-state index in [9.17, 15) is 14.4 Å². The zero-order valence-electron chi connectivity index (χ0n) is 26.8. The molecule has 4 aromatic rings. The van der Waals surface area contributed by atoms with Gasteiger partial charge in [0, 0.05) is 70.7 Å². The first-order valence-electron chi connectivity index (χ1n) is 15.8. The summed E-state index contributed by atoms with van der Waals surface area (Å²) in [6.07, 6.45) is 0.823. The molecule has 2 amide bonds. The van der Waals surface area contributed by atoms with E-state index in [1.165, 1.54) is 0 Å². The van der Waals surface area contributed by atoms with Gasteiger partial charge < -0.3 is 15.0 Å². The van der Waals surface area contributed by atoms with E-state index in [0.29, 0.717) is 38.4 Å². The molecule has 0 aliphatic carbocycles. The smallest absolute Gasteiger partial charge is 0.329 e. The molecular formula is C35H44N6O4. The lowest BCUT2D eigenvalue weighted by Gasteiger charge is -2.27. The van der Waals surface area contributed by atoms with Gasteiger partial charge in [0.25, 0.3) is 0 Å². The summed E-state index contributed by atoms with van der Waals surface area (Å²) in [6, 6.07) is 21.7. The van der Waals surface area contributed by atoms with Gasteiger partial charge in [-0.2, -0.15) is 0 Å². The number of hydrogen-bond donors (Lipinski definition) is 1. The van der Waals surface area contributed by atoms with Gasteiger partial charge in [-0.15, -0.1) is 0 Å². The first kappa shape index (κ1) is 32.0. The topological polar surface area (TPSA) is 92.1 Å². The Morgan fingerprint density at radius 1 is 0.844 bits per heavy atom. The quantitative estimate of drug-likeness (QED) is 0.314. The number of anilines is 2. The minimum absolute atomic E-state index is 0.00295. The van der Waals surface area contributed by atoms with Gasteiger partial charge in [-0.1, -0.05) is 30.3 Å². The van der Waals surface area contributed by atoms with Crippen LogP contribution in [0.4, 0.5) is 11.4 Å². The zero-order valence-corrected chi connectivity index (χ0v) is 26.8. The Hall–Kier alpha value is -4.41. The number of hydrogen-bond acceptors (Lipinski definition) is 6. The number of nitrogens with one attached hydrogen (secondary N) is 1. The number of rotatable bonds is 8. The summed E-state index contributed by atoms with van der Waals surface area (Å²) >= 11 is 0. The van der Waals surface area contributed by atoms with E-state index >= 15 is 0 Å². The van der Waals surface area contributed by atoms with Crippen molar-refractivity contribution in [2.45, 2.75) is 53.4 Å².